The maximum Gasteiger partial charge on any atom is 0.126 e. The minimum atomic E-state index is -0.428. The van der Waals surface area contributed by atoms with Gasteiger partial charge in [-0.1, -0.05) is 48.0 Å². The average Bonchev–Trinajstić information content (AvgIpc) is 2.56. The van der Waals surface area contributed by atoms with Crippen LogP contribution in [0.5, 0.6) is 0 Å². The Balaban J connectivity index is 1.41. The molecular weight excluding hydrogens is 310 g/mol. The lowest BCUT2D eigenvalue weighted by Gasteiger charge is -2.27. The molecule has 0 spiro atoms. The lowest BCUT2D eigenvalue weighted by atomic mass is 10.00. The number of nitrogens with one attached hydrogen (secondary N) is 1. The number of aliphatic hydroxyl groups is 1. The van der Waals surface area contributed by atoms with Gasteiger partial charge in [0.2, 0.25) is 0 Å². The normalized spacial score (nSPS) is 18.4. The summed E-state index contributed by atoms with van der Waals surface area (Å²) in [6, 6.07) is 16.2. The lowest BCUT2D eigenvalue weighted by Crippen LogP contribution is -3.12. The number of hydrogen-bond acceptors (Lipinski definition) is 2. The van der Waals surface area contributed by atoms with Crippen molar-refractivity contribution in [2.45, 2.75) is 25.7 Å². The second-order valence-corrected chi connectivity index (χ2v) is 6.63. The fourth-order valence-electron chi connectivity index (χ4n) is 3.10. The first kappa shape index (κ1) is 16.5. The molecular formula is C19H23ClNO2+. The van der Waals surface area contributed by atoms with Crippen LogP contribution in [0.1, 0.15) is 16.7 Å². The van der Waals surface area contributed by atoms with Crippen molar-refractivity contribution in [1.29, 1.82) is 0 Å². The van der Waals surface area contributed by atoms with Crippen molar-refractivity contribution < 1.29 is 14.7 Å². The van der Waals surface area contributed by atoms with Crippen LogP contribution in [-0.4, -0.2) is 30.9 Å². The average molecular weight is 333 g/mol. The molecule has 122 valence electrons. The Morgan fingerprint density at radius 1 is 1.09 bits per heavy atom. The van der Waals surface area contributed by atoms with Crippen LogP contribution in [0.25, 0.3) is 0 Å². The molecule has 2 N–H and O–H groups in total. The van der Waals surface area contributed by atoms with Crippen LogP contribution < -0.4 is 4.90 Å². The first-order valence-electron chi connectivity index (χ1n) is 8.11. The molecule has 0 radical (unpaired) electrons. The van der Waals surface area contributed by atoms with Crippen LogP contribution in [0.15, 0.2) is 48.5 Å². The summed E-state index contributed by atoms with van der Waals surface area (Å²) >= 11 is 5.86. The number of aliphatic hydroxyl groups excluding tert-OH is 1. The highest BCUT2D eigenvalue weighted by Gasteiger charge is 2.21. The molecule has 3 nitrogen and oxygen atoms in total. The quantitative estimate of drug-likeness (QED) is 0.846. The van der Waals surface area contributed by atoms with E-state index in [0.29, 0.717) is 13.2 Å². The smallest absolute Gasteiger partial charge is 0.126 e. The van der Waals surface area contributed by atoms with E-state index in [9.17, 15) is 5.11 Å². The molecule has 0 fully saturated rings. The summed E-state index contributed by atoms with van der Waals surface area (Å²) in [5, 5.41) is 10.9. The van der Waals surface area contributed by atoms with Crippen molar-refractivity contribution in [2.75, 3.05) is 19.7 Å². The minimum absolute atomic E-state index is 0.369. The molecule has 0 bridgehead atoms. The summed E-state index contributed by atoms with van der Waals surface area (Å²) in [4.78, 5) is 1.42. The van der Waals surface area contributed by atoms with Gasteiger partial charge in [0.05, 0.1) is 19.8 Å². The number of fused-ring (bicyclic) bond motifs is 1. The van der Waals surface area contributed by atoms with Crippen LogP contribution in [0, 0.1) is 0 Å². The van der Waals surface area contributed by atoms with Crippen LogP contribution >= 0.6 is 11.6 Å². The summed E-state index contributed by atoms with van der Waals surface area (Å²) in [5.41, 5.74) is 3.92. The zero-order valence-electron chi connectivity index (χ0n) is 13.2. The monoisotopic (exact) mass is 332 g/mol. The van der Waals surface area contributed by atoms with Crippen LogP contribution in [0.4, 0.5) is 0 Å². The largest absolute Gasteiger partial charge is 0.385 e. The minimum Gasteiger partial charge on any atom is -0.385 e. The molecule has 1 heterocycles. The van der Waals surface area contributed by atoms with Gasteiger partial charge in [-0.05, 0) is 23.3 Å². The molecule has 1 unspecified atom stereocenters. The lowest BCUT2D eigenvalue weighted by molar-refractivity contribution is -0.919. The third-order valence-electron chi connectivity index (χ3n) is 4.32. The Hall–Kier alpha value is -1.39. The summed E-state index contributed by atoms with van der Waals surface area (Å²) in [5.74, 6) is 0. The molecule has 0 saturated heterocycles. The van der Waals surface area contributed by atoms with E-state index in [1.807, 2.05) is 24.3 Å². The molecule has 2 aromatic carbocycles. The summed E-state index contributed by atoms with van der Waals surface area (Å²) < 4.78 is 5.63. The van der Waals surface area contributed by atoms with E-state index in [1.165, 1.54) is 16.0 Å². The molecule has 2 aromatic rings. The first-order chi connectivity index (χ1) is 11.2. The van der Waals surface area contributed by atoms with Crippen molar-refractivity contribution >= 4 is 11.6 Å². The van der Waals surface area contributed by atoms with Gasteiger partial charge in [0.15, 0.2) is 0 Å². The van der Waals surface area contributed by atoms with E-state index < -0.39 is 6.10 Å². The topological polar surface area (TPSA) is 33.9 Å². The summed E-state index contributed by atoms with van der Waals surface area (Å²) in [7, 11) is 0. The Morgan fingerprint density at radius 2 is 1.83 bits per heavy atom. The highest BCUT2D eigenvalue weighted by atomic mass is 35.5. The van der Waals surface area contributed by atoms with E-state index in [0.717, 1.165) is 36.6 Å². The van der Waals surface area contributed by atoms with Crippen molar-refractivity contribution in [3.63, 3.8) is 0 Å². The Labute approximate surface area is 142 Å². The predicted octanol–water partition coefficient (Wildman–Crippen LogP) is 1.86. The van der Waals surface area contributed by atoms with Crippen LogP contribution in [-0.2, 0) is 24.3 Å². The predicted molar refractivity (Wildman–Crippen MR) is 91.7 cm³/mol. The SMILES string of the molecule is O[C@H](COCc1ccc(Cl)cc1)C[NH+]1CCc2ccccc2C1. The van der Waals surface area contributed by atoms with Crippen molar-refractivity contribution in [3.8, 4) is 0 Å². The molecule has 1 aliphatic rings. The van der Waals surface area contributed by atoms with Gasteiger partial charge < -0.3 is 14.7 Å². The number of hydrogen-bond donors (Lipinski definition) is 2. The van der Waals surface area contributed by atoms with Crippen molar-refractivity contribution in [2.24, 2.45) is 0 Å². The molecule has 2 atom stereocenters. The molecule has 3 rings (SSSR count). The standard InChI is InChI=1S/C19H22ClNO2/c20-18-7-5-15(6-8-18)13-23-14-19(22)12-21-10-9-16-3-1-2-4-17(16)11-21/h1-8,19,22H,9-14H2/p+1/t19-/m0/s1. The van der Waals surface area contributed by atoms with E-state index >= 15 is 0 Å². The second-order valence-electron chi connectivity index (χ2n) is 6.20. The highest BCUT2D eigenvalue weighted by Crippen LogP contribution is 2.11. The second kappa shape index (κ2) is 7.93. The molecule has 4 heteroatoms. The fraction of sp³-hybridized carbons (Fsp3) is 0.368. The van der Waals surface area contributed by atoms with Gasteiger partial charge in [-0.3, -0.25) is 0 Å². The van der Waals surface area contributed by atoms with Crippen LogP contribution in [0.3, 0.4) is 0 Å². The van der Waals surface area contributed by atoms with E-state index in [-0.39, 0.29) is 0 Å². The zero-order chi connectivity index (χ0) is 16.1. The van der Waals surface area contributed by atoms with Crippen molar-refractivity contribution in [1.82, 2.24) is 0 Å². The molecule has 0 saturated carbocycles. The third-order valence-corrected chi connectivity index (χ3v) is 4.58. The van der Waals surface area contributed by atoms with Crippen LogP contribution in [0.2, 0.25) is 5.02 Å². The van der Waals surface area contributed by atoms with E-state index in [1.54, 1.807) is 0 Å². The van der Waals surface area contributed by atoms with E-state index in [4.69, 9.17) is 16.3 Å². The fourth-order valence-corrected chi connectivity index (χ4v) is 3.23. The van der Waals surface area contributed by atoms with Gasteiger partial charge in [-0.15, -0.1) is 0 Å². The van der Waals surface area contributed by atoms with E-state index in [2.05, 4.69) is 24.3 Å². The summed E-state index contributed by atoms with van der Waals surface area (Å²) in [6.07, 6.45) is 0.659. The maximum atomic E-state index is 10.2. The highest BCUT2D eigenvalue weighted by molar-refractivity contribution is 6.30. The third kappa shape index (κ3) is 4.79. The maximum absolute atomic E-state index is 10.2. The number of rotatable bonds is 6. The molecule has 1 aliphatic heterocycles. The molecule has 0 amide bonds. The van der Waals surface area contributed by atoms with Gasteiger partial charge in [0.25, 0.3) is 0 Å². The van der Waals surface area contributed by atoms with Gasteiger partial charge >= 0.3 is 0 Å². The first-order valence-corrected chi connectivity index (χ1v) is 8.49. The van der Waals surface area contributed by atoms with Crippen molar-refractivity contribution in [3.05, 3.63) is 70.2 Å². The Morgan fingerprint density at radius 3 is 2.61 bits per heavy atom. The number of quaternary nitrogens is 1. The molecule has 0 aliphatic carbocycles. The zero-order valence-corrected chi connectivity index (χ0v) is 13.9. The Bertz CT molecular complexity index is 630. The van der Waals surface area contributed by atoms with Gasteiger partial charge in [0.1, 0.15) is 19.2 Å². The molecule has 23 heavy (non-hydrogen) atoms. The Kier molecular flexibility index (Phi) is 5.68. The number of halogens is 1. The summed E-state index contributed by atoms with van der Waals surface area (Å²) in [6.45, 7) is 3.67. The van der Waals surface area contributed by atoms with Gasteiger partial charge in [0, 0.05) is 17.0 Å². The molecule has 0 aromatic heterocycles. The van der Waals surface area contributed by atoms with Gasteiger partial charge in [-0.2, -0.15) is 0 Å². The number of benzene rings is 2. The van der Waals surface area contributed by atoms with Gasteiger partial charge in [-0.25, -0.2) is 0 Å². The number of ether oxygens (including phenoxy) is 1.